The molecule has 1 aliphatic rings. The zero-order valence-electron chi connectivity index (χ0n) is 22.3. The van der Waals surface area contributed by atoms with Gasteiger partial charge in [0.25, 0.3) is 5.56 Å². The number of aliphatic hydroxyl groups is 1. The van der Waals surface area contributed by atoms with Gasteiger partial charge in [0.1, 0.15) is 29.1 Å². The van der Waals surface area contributed by atoms with Gasteiger partial charge in [0.15, 0.2) is 0 Å². The predicted octanol–water partition coefficient (Wildman–Crippen LogP) is 3.37. The molecule has 2 heterocycles. The monoisotopic (exact) mass is 595 g/mol. The maximum absolute atomic E-state index is 14.0. The van der Waals surface area contributed by atoms with Crippen molar-refractivity contribution < 1.29 is 33.0 Å². The average molecular weight is 596 g/mol. The van der Waals surface area contributed by atoms with Gasteiger partial charge in [-0.3, -0.25) is 23.7 Å². The Morgan fingerprint density at radius 2 is 1.90 bits per heavy atom. The summed E-state index contributed by atoms with van der Waals surface area (Å²) in [7, 11) is -4.29. The van der Waals surface area contributed by atoms with Gasteiger partial charge in [-0.2, -0.15) is 5.09 Å². The van der Waals surface area contributed by atoms with Crippen LogP contribution in [0.3, 0.4) is 0 Å². The molecule has 1 saturated heterocycles. The Morgan fingerprint density at radius 1 is 1.20 bits per heavy atom. The molecule has 14 heteroatoms. The van der Waals surface area contributed by atoms with Crippen LogP contribution in [0, 0.1) is 5.92 Å². The minimum Gasteiger partial charge on any atom is -0.462 e. The van der Waals surface area contributed by atoms with Crippen LogP contribution >= 0.6 is 19.3 Å². The normalized spacial score (nSPS) is 23.2. The Labute approximate surface area is 234 Å². The van der Waals surface area contributed by atoms with Crippen molar-refractivity contribution in [2.75, 3.05) is 6.61 Å². The van der Waals surface area contributed by atoms with E-state index in [4.69, 9.17) is 30.1 Å². The lowest BCUT2D eigenvalue weighted by molar-refractivity contribution is -0.149. The van der Waals surface area contributed by atoms with Crippen LogP contribution in [0.2, 0.25) is 5.02 Å². The van der Waals surface area contributed by atoms with Crippen molar-refractivity contribution in [1.29, 1.82) is 0 Å². The van der Waals surface area contributed by atoms with Crippen LogP contribution < -0.4 is 20.9 Å². The van der Waals surface area contributed by atoms with Gasteiger partial charge in [0.05, 0.1) is 18.8 Å². The molecule has 0 amide bonds. The molecule has 40 heavy (non-hydrogen) atoms. The summed E-state index contributed by atoms with van der Waals surface area (Å²) in [6.07, 6.45) is -2.49. The lowest BCUT2D eigenvalue weighted by atomic mass is 10.0. The van der Waals surface area contributed by atoms with Gasteiger partial charge in [0.2, 0.25) is 0 Å². The summed E-state index contributed by atoms with van der Waals surface area (Å²) < 4.78 is 37.8. The molecule has 1 aromatic heterocycles. The Balaban J connectivity index is 1.58. The number of carbonyl (C=O) groups excluding carboxylic acids is 1. The van der Waals surface area contributed by atoms with E-state index < -0.39 is 68.1 Å². The molecule has 1 fully saturated rings. The third-order valence-corrected chi connectivity index (χ3v) is 8.22. The number of hydrogen-bond donors (Lipinski definition) is 3. The molecule has 2 aromatic carbocycles. The second-order valence-corrected chi connectivity index (χ2v) is 11.9. The number of ether oxygens (including phenoxy) is 2. The lowest BCUT2D eigenvalue weighted by Crippen LogP contribution is -2.37. The van der Waals surface area contributed by atoms with E-state index in [1.165, 1.54) is 6.92 Å². The molecular formula is C26H31ClN3O9P. The highest BCUT2D eigenvalue weighted by Gasteiger charge is 2.44. The molecule has 0 aliphatic carbocycles. The molecule has 1 unspecified atom stereocenters. The van der Waals surface area contributed by atoms with Crippen LogP contribution in [0.25, 0.3) is 10.8 Å². The van der Waals surface area contributed by atoms with Gasteiger partial charge in [-0.1, -0.05) is 54.9 Å². The summed E-state index contributed by atoms with van der Waals surface area (Å²) in [5.74, 6) is -1.06. The Hall–Kier alpha value is -2.99. The van der Waals surface area contributed by atoms with Gasteiger partial charge in [-0.15, -0.1) is 0 Å². The topological polar surface area (TPSA) is 158 Å². The molecule has 3 N–H and O–H groups in total. The van der Waals surface area contributed by atoms with Crippen molar-refractivity contribution in [2.45, 2.75) is 58.3 Å². The summed E-state index contributed by atoms with van der Waals surface area (Å²) in [5, 5.41) is 14.7. The molecular weight excluding hydrogens is 565 g/mol. The van der Waals surface area contributed by atoms with E-state index in [1.807, 2.05) is 18.2 Å². The summed E-state index contributed by atoms with van der Waals surface area (Å²) in [6, 6.07) is 11.4. The minimum atomic E-state index is -4.29. The molecule has 0 spiro atoms. The number of aromatic nitrogens is 2. The molecule has 12 nitrogen and oxygen atoms in total. The average Bonchev–Trinajstić information content (AvgIpc) is 3.18. The van der Waals surface area contributed by atoms with E-state index in [0.29, 0.717) is 5.39 Å². The van der Waals surface area contributed by atoms with E-state index in [9.17, 15) is 24.1 Å². The van der Waals surface area contributed by atoms with Crippen LogP contribution in [0.5, 0.6) is 5.75 Å². The molecule has 6 atom stereocenters. The summed E-state index contributed by atoms with van der Waals surface area (Å²) in [6.45, 7) is 6.03. The van der Waals surface area contributed by atoms with E-state index in [0.717, 1.165) is 16.2 Å². The van der Waals surface area contributed by atoms with Gasteiger partial charge < -0.3 is 19.1 Å². The second kappa shape index (κ2) is 12.3. The van der Waals surface area contributed by atoms with E-state index >= 15 is 0 Å². The summed E-state index contributed by atoms with van der Waals surface area (Å²) in [4.78, 5) is 38.6. The molecule has 4 rings (SSSR count). The van der Waals surface area contributed by atoms with Crippen LogP contribution in [0.4, 0.5) is 0 Å². The number of nitrogens with zero attached hydrogens (tertiary/aromatic N) is 1. The number of aromatic amines is 1. The Bertz CT molecular complexity index is 1540. The molecule has 0 saturated carbocycles. The van der Waals surface area contributed by atoms with E-state index in [1.54, 1.807) is 45.0 Å². The molecule has 216 valence electrons. The lowest BCUT2D eigenvalue weighted by Gasteiger charge is -2.25. The number of H-pyrrole nitrogens is 1. The zero-order chi connectivity index (χ0) is 29.2. The fraction of sp³-hybridized carbons (Fsp3) is 0.423. The molecule has 0 radical (unpaired) electrons. The third kappa shape index (κ3) is 6.65. The Morgan fingerprint density at radius 3 is 2.62 bits per heavy atom. The number of hydrogen-bond acceptors (Lipinski definition) is 9. The number of fused-ring (bicyclic) bond motifs is 1. The predicted molar refractivity (Wildman–Crippen MR) is 147 cm³/mol. The first-order valence-electron chi connectivity index (χ1n) is 12.6. The van der Waals surface area contributed by atoms with E-state index in [2.05, 4.69) is 10.1 Å². The standard InChI is InChI=1S/C26H31ClN3O9P/c1-14(2)37-25(33)16(4)29-40(35,39-20-11-7-9-17-8-5-6-10-18(17)20)36-13-21-22(31)15(3)24(38-21)30-12-19(27)23(32)28-26(30)34/h5-12,14-16,21-22,24,31H,13H2,1-4H3,(H,29,35)(H,28,32,34)/t15-,16+,21+,22-,24+,40?/m0/s1. The number of nitrogens with one attached hydrogen (secondary N) is 2. The number of carbonyl (C=O) groups is 1. The van der Waals surface area contributed by atoms with Crippen molar-refractivity contribution in [3.63, 3.8) is 0 Å². The fourth-order valence-corrected chi connectivity index (χ4v) is 5.96. The van der Waals surface area contributed by atoms with Gasteiger partial charge in [-0.05, 0) is 32.2 Å². The molecule has 0 bridgehead atoms. The van der Waals surface area contributed by atoms with Crippen LogP contribution in [0.1, 0.15) is 33.9 Å². The summed E-state index contributed by atoms with van der Waals surface area (Å²) in [5.41, 5.74) is -1.53. The fourth-order valence-electron chi connectivity index (χ4n) is 4.29. The van der Waals surface area contributed by atoms with Gasteiger partial charge >= 0.3 is 19.4 Å². The second-order valence-electron chi connectivity index (χ2n) is 9.76. The SMILES string of the molecule is CC(C)OC(=O)[C@@H](C)NP(=O)(OC[C@H]1O[C@@H](n2cc(Cl)c(=O)[nH]c2=O)[C@@H](C)[C@@H]1O)Oc1cccc2ccccc12. The number of esters is 1. The maximum atomic E-state index is 14.0. The van der Waals surface area contributed by atoms with Crippen LogP contribution in [-0.2, 0) is 23.4 Å². The summed E-state index contributed by atoms with van der Waals surface area (Å²) >= 11 is 5.88. The van der Waals surface area contributed by atoms with Crippen LogP contribution in [0.15, 0.2) is 58.3 Å². The van der Waals surface area contributed by atoms with Crippen molar-refractivity contribution in [1.82, 2.24) is 14.6 Å². The quantitative estimate of drug-likeness (QED) is 0.234. The van der Waals surface area contributed by atoms with Crippen molar-refractivity contribution >= 4 is 36.1 Å². The highest BCUT2D eigenvalue weighted by molar-refractivity contribution is 7.52. The number of rotatable bonds is 10. The van der Waals surface area contributed by atoms with Gasteiger partial charge in [-0.25, -0.2) is 9.36 Å². The van der Waals surface area contributed by atoms with Gasteiger partial charge in [0, 0.05) is 17.5 Å². The zero-order valence-corrected chi connectivity index (χ0v) is 23.9. The number of halogens is 1. The maximum Gasteiger partial charge on any atom is 0.459 e. The third-order valence-electron chi connectivity index (χ3n) is 6.32. The highest BCUT2D eigenvalue weighted by atomic mass is 35.5. The van der Waals surface area contributed by atoms with Crippen molar-refractivity contribution in [2.24, 2.45) is 5.92 Å². The molecule has 1 aliphatic heterocycles. The largest absolute Gasteiger partial charge is 0.462 e. The minimum absolute atomic E-state index is 0.232. The first-order chi connectivity index (χ1) is 18.9. The Kier molecular flexibility index (Phi) is 9.19. The van der Waals surface area contributed by atoms with E-state index in [-0.39, 0.29) is 10.8 Å². The number of aliphatic hydroxyl groups excluding tert-OH is 1. The first-order valence-corrected chi connectivity index (χ1v) is 14.6. The number of benzene rings is 2. The van der Waals surface area contributed by atoms with Crippen LogP contribution in [-0.4, -0.2) is 51.6 Å². The van der Waals surface area contributed by atoms with Crippen molar-refractivity contribution in [3.8, 4) is 5.75 Å². The first kappa shape index (κ1) is 30.0. The molecule has 3 aromatic rings. The smallest absolute Gasteiger partial charge is 0.459 e. The highest BCUT2D eigenvalue weighted by Crippen LogP contribution is 2.48. The van der Waals surface area contributed by atoms with Crippen molar-refractivity contribution in [3.05, 3.63) is 74.5 Å².